The molecule has 1 unspecified atom stereocenters. The van der Waals surface area contributed by atoms with Crippen molar-refractivity contribution in [1.29, 1.82) is 0 Å². The second kappa shape index (κ2) is 8.16. The van der Waals surface area contributed by atoms with Gasteiger partial charge in [0.05, 0.1) is 18.8 Å². The summed E-state index contributed by atoms with van der Waals surface area (Å²) in [6.07, 6.45) is 0.795. The van der Waals surface area contributed by atoms with E-state index in [4.69, 9.17) is 32.9 Å². The Kier molecular flexibility index (Phi) is 5.63. The maximum atomic E-state index is 6.49. The summed E-state index contributed by atoms with van der Waals surface area (Å²) in [7, 11) is 1.66. The van der Waals surface area contributed by atoms with E-state index in [2.05, 4.69) is 20.8 Å². The predicted octanol–water partition coefficient (Wildman–Crippen LogP) is 7.45. The van der Waals surface area contributed by atoms with Crippen LogP contribution < -0.4 is 9.64 Å². The van der Waals surface area contributed by atoms with E-state index in [9.17, 15) is 0 Å². The fraction of sp³-hybridized carbons (Fsp3) is 0.136. The van der Waals surface area contributed by atoms with Crippen molar-refractivity contribution in [3.8, 4) is 5.75 Å². The van der Waals surface area contributed by atoms with Gasteiger partial charge in [0, 0.05) is 26.6 Å². The van der Waals surface area contributed by atoms with Crippen LogP contribution in [0.15, 0.2) is 76.2 Å². The summed E-state index contributed by atoms with van der Waals surface area (Å²) in [5.74, 6) is 1.81. The predicted molar refractivity (Wildman–Crippen MR) is 121 cm³/mol. The Morgan fingerprint density at radius 1 is 1.00 bits per heavy atom. The Balaban J connectivity index is 1.72. The number of rotatable bonds is 4. The van der Waals surface area contributed by atoms with Crippen LogP contribution in [0.3, 0.4) is 0 Å². The number of amidine groups is 1. The lowest BCUT2D eigenvalue weighted by Crippen LogP contribution is -2.46. The summed E-state index contributed by atoms with van der Waals surface area (Å²) in [6, 6.07) is 21.7. The Bertz CT molecular complexity index is 1020. The molecule has 0 bridgehead atoms. The van der Waals surface area contributed by atoms with Gasteiger partial charge >= 0.3 is 0 Å². The first-order valence-electron chi connectivity index (χ1n) is 8.76. The SMILES string of the molecule is COc1ccc(N2C(=Nc3ccc(Br)cc3)CC2c2ccc(Cl)cc2Cl)cc1. The zero-order valence-electron chi connectivity index (χ0n) is 15.1. The van der Waals surface area contributed by atoms with Crippen LogP contribution in [0.25, 0.3) is 0 Å². The van der Waals surface area contributed by atoms with E-state index in [0.29, 0.717) is 10.0 Å². The zero-order chi connectivity index (χ0) is 19.7. The lowest BCUT2D eigenvalue weighted by molar-refractivity contribution is 0.415. The Labute approximate surface area is 182 Å². The summed E-state index contributed by atoms with van der Waals surface area (Å²) in [6.45, 7) is 0. The summed E-state index contributed by atoms with van der Waals surface area (Å²) >= 11 is 16.0. The van der Waals surface area contributed by atoms with Crippen LogP contribution in [-0.4, -0.2) is 12.9 Å². The summed E-state index contributed by atoms with van der Waals surface area (Å²) in [5.41, 5.74) is 2.99. The topological polar surface area (TPSA) is 24.8 Å². The Morgan fingerprint density at radius 2 is 1.71 bits per heavy atom. The van der Waals surface area contributed by atoms with Crippen molar-refractivity contribution in [2.24, 2.45) is 4.99 Å². The molecule has 28 heavy (non-hydrogen) atoms. The minimum Gasteiger partial charge on any atom is -0.497 e. The smallest absolute Gasteiger partial charge is 0.119 e. The molecule has 6 heteroatoms. The van der Waals surface area contributed by atoms with Gasteiger partial charge < -0.3 is 9.64 Å². The molecule has 1 saturated heterocycles. The molecule has 3 aromatic rings. The largest absolute Gasteiger partial charge is 0.497 e. The molecule has 1 aliphatic heterocycles. The normalized spacial score (nSPS) is 17.5. The molecule has 1 fully saturated rings. The molecule has 0 aromatic heterocycles. The number of aliphatic imine (C=N–C) groups is 1. The van der Waals surface area contributed by atoms with Crippen molar-refractivity contribution in [3.63, 3.8) is 0 Å². The van der Waals surface area contributed by atoms with E-state index in [1.165, 1.54) is 0 Å². The minimum absolute atomic E-state index is 0.104. The van der Waals surface area contributed by atoms with E-state index in [-0.39, 0.29) is 6.04 Å². The monoisotopic (exact) mass is 474 g/mol. The molecule has 1 atom stereocenters. The van der Waals surface area contributed by atoms with Crippen molar-refractivity contribution in [2.45, 2.75) is 12.5 Å². The van der Waals surface area contributed by atoms with Crippen LogP contribution in [0.5, 0.6) is 5.75 Å². The molecule has 3 aromatic carbocycles. The van der Waals surface area contributed by atoms with Gasteiger partial charge in [0.1, 0.15) is 11.6 Å². The second-order valence-electron chi connectivity index (χ2n) is 6.46. The van der Waals surface area contributed by atoms with E-state index >= 15 is 0 Å². The molecule has 0 aliphatic carbocycles. The molecule has 3 nitrogen and oxygen atoms in total. The van der Waals surface area contributed by atoms with Gasteiger partial charge in [-0.05, 0) is 66.2 Å². The lowest BCUT2D eigenvalue weighted by atomic mass is 9.92. The molecule has 142 valence electrons. The fourth-order valence-electron chi connectivity index (χ4n) is 3.29. The van der Waals surface area contributed by atoms with Crippen molar-refractivity contribution in [1.82, 2.24) is 0 Å². The highest BCUT2D eigenvalue weighted by molar-refractivity contribution is 9.10. The molecular formula is C22H17BrCl2N2O. The van der Waals surface area contributed by atoms with Gasteiger partial charge in [-0.15, -0.1) is 0 Å². The van der Waals surface area contributed by atoms with Crippen molar-refractivity contribution >= 4 is 56.3 Å². The molecule has 0 amide bonds. The Hall–Kier alpha value is -2.01. The molecule has 1 aliphatic rings. The van der Waals surface area contributed by atoms with E-state index < -0.39 is 0 Å². The van der Waals surface area contributed by atoms with Crippen LogP contribution in [0.1, 0.15) is 18.0 Å². The zero-order valence-corrected chi connectivity index (χ0v) is 18.2. The van der Waals surface area contributed by atoms with Gasteiger partial charge in [0.2, 0.25) is 0 Å². The number of hydrogen-bond acceptors (Lipinski definition) is 2. The summed E-state index contributed by atoms with van der Waals surface area (Å²) in [4.78, 5) is 7.06. The number of ether oxygens (including phenoxy) is 1. The van der Waals surface area contributed by atoms with Crippen LogP contribution in [0.4, 0.5) is 11.4 Å². The first kappa shape index (κ1) is 19.3. The second-order valence-corrected chi connectivity index (χ2v) is 8.22. The van der Waals surface area contributed by atoms with Gasteiger partial charge in [0.25, 0.3) is 0 Å². The number of benzene rings is 3. The summed E-state index contributed by atoms with van der Waals surface area (Å²) < 4.78 is 6.32. The molecule has 0 N–H and O–H groups in total. The van der Waals surface area contributed by atoms with Gasteiger partial charge in [0.15, 0.2) is 0 Å². The number of halogens is 3. The van der Waals surface area contributed by atoms with Gasteiger partial charge in [-0.1, -0.05) is 45.2 Å². The standard InChI is InChI=1S/C22H17BrCl2N2O/c1-28-18-9-7-17(8-10-18)27-21(19-11-4-15(24)12-20(19)25)13-22(27)26-16-5-2-14(23)3-6-16/h2-12,21H,13H2,1H3. The first-order valence-corrected chi connectivity index (χ1v) is 10.3. The number of nitrogens with zero attached hydrogens (tertiary/aromatic N) is 2. The molecular weight excluding hydrogens is 459 g/mol. The highest BCUT2D eigenvalue weighted by Crippen LogP contribution is 2.43. The third-order valence-corrected chi connectivity index (χ3v) is 5.81. The number of hydrogen-bond donors (Lipinski definition) is 0. The third kappa shape index (κ3) is 3.90. The van der Waals surface area contributed by atoms with Crippen LogP contribution in [-0.2, 0) is 0 Å². The van der Waals surface area contributed by atoms with Gasteiger partial charge in [-0.25, -0.2) is 4.99 Å². The minimum atomic E-state index is 0.104. The van der Waals surface area contributed by atoms with Gasteiger partial charge in [-0.2, -0.15) is 0 Å². The van der Waals surface area contributed by atoms with E-state index in [0.717, 1.165) is 39.4 Å². The average molecular weight is 476 g/mol. The number of methoxy groups -OCH3 is 1. The first-order chi connectivity index (χ1) is 13.5. The quantitative estimate of drug-likeness (QED) is 0.391. The van der Waals surface area contributed by atoms with E-state index in [1.54, 1.807) is 13.2 Å². The highest BCUT2D eigenvalue weighted by atomic mass is 79.9. The summed E-state index contributed by atoms with van der Waals surface area (Å²) in [5, 5.41) is 1.30. The van der Waals surface area contributed by atoms with Crippen molar-refractivity contribution in [2.75, 3.05) is 12.0 Å². The van der Waals surface area contributed by atoms with Crippen LogP contribution in [0.2, 0.25) is 10.0 Å². The molecule has 0 spiro atoms. The average Bonchev–Trinajstić information content (AvgIpc) is 2.68. The third-order valence-electron chi connectivity index (χ3n) is 4.72. The molecule has 0 radical (unpaired) electrons. The molecule has 4 rings (SSSR count). The van der Waals surface area contributed by atoms with Crippen LogP contribution >= 0.6 is 39.1 Å². The number of anilines is 1. The van der Waals surface area contributed by atoms with Crippen molar-refractivity contribution < 1.29 is 4.74 Å². The van der Waals surface area contributed by atoms with Crippen molar-refractivity contribution in [3.05, 3.63) is 86.8 Å². The maximum absolute atomic E-state index is 6.49. The lowest BCUT2D eigenvalue weighted by Gasteiger charge is -2.44. The fourth-order valence-corrected chi connectivity index (χ4v) is 4.09. The van der Waals surface area contributed by atoms with E-state index in [1.807, 2.05) is 60.7 Å². The van der Waals surface area contributed by atoms with Crippen LogP contribution in [0, 0.1) is 0 Å². The Morgan fingerprint density at radius 3 is 2.36 bits per heavy atom. The van der Waals surface area contributed by atoms with Gasteiger partial charge in [-0.3, -0.25) is 0 Å². The molecule has 0 saturated carbocycles. The highest BCUT2D eigenvalue weighted by Gasteiger charge is 2.37. The maximum Gasteiger partial charge on any atom is 0.119 e. The molecule has 1 heterocycles.